The van der Waals surface area contributed by atoms with Gasteiger partial charge in [-0.15, -0.1) is 0 Å². The third kappa shape index (κ3) is 3.75. The Kier molecular flexibility index (Phi) is 4.64. The van der Waals surface area contributed by atoms with E-state index in [0.29, 0.717) is 18.1 Å². The molecule has 0 spiro atoms. The molecular weight excluding hydrogens is 282 g/mol. The van der Waals surface area contributed by atoms with Gasteiger partial charge in [-0.05, 0) is 19.1 Å². The van der Waals surface area contributed by atoms with Crippen molar-refractivity contribution in [3.63, 3.8) is 0 Å². The lowest BCUT2D eigenvalue weighted by atomic mass is 10.4. The standard InChI is InChI=1S/C11H15N5O3S/c1-2-12-10-4-3-9(7-13-10)20(17,18)15-6-5-11-14-8-19-16-11/h3-4,7-8,15H,2,5-6H2,1H3,(H,12,13). The van der Waals surface area contributed by atoms with Crippen LogP contribution in [-0.2, 0) is 16.4 Å². The maximum Gasteiger partial charge on any atom is 0.242 e. The SMILES string of the molecule is CCNc1ccc(S(=O)(=O)NCCc2ncon2)cn1. The second kappa shape index (κ2) is 6.44. The summed E-state index contributed by atoms with van der Waals surface area (Å²) in [7, 11) is -3.57. The Hall–Kier alpha value is -2.00. The molecule has 0 aromatic carbocycles. The molecule has 0 aliphatic carbocycles. The van der Waals surface area contributed by atoms with E-state index in [1.807, 2.05) is 6.92 Å². The zero-order valence-corrected chi connectivity index (χ0v) is 11.7. The molecule has 2 aromatic rings. The molecule has 0 unspecified atom stereocenters. The van der Waals surface area contributed by atoms with Crippen LogP contribution in [0.25, 0.3) is 0 Å². The topological polar surface area (TPSA) is 110 Å². The van der Waals surface area contributed by atoms with E-state index in [1.54, 1.807) is 6.07 Å². The summed E-state index contributed by atoms with van der Waals surface area (Å²) in [6.45, 7) is 2.85. The van der Waals surface area contributed by atoms with Gasteiger partial charge in [0, 0.05) is 25.7 Å². The van der Waals surface area contributed by atoms with Crippen LogP contribution in [0.3, 0.4) is 0 Å². The molecule has 0 saturated carbocycles. The molecule has 2 heterocycles. The summed E-state index contributed by atoms with van der Waals surface area (Å²) < 4.78 is 31.0. The summed E-state index contributed by atoms with van der Waals surface area (Å²) in [5.74, 6) is 1.09. The van der Waals surface area contributed by atoms with Crippen molar-refractivity contribution in [3.05, 3.63) is 30.5 Å². The van der Waals surface area contributed by atoms with Gasteiger partial charge in [-0.3, -0.25) is 0 Å². The summed E-state index contributed by atoms with van der Waals surface area (Å²) in [6.07, 6.45) is 2.88. The first kappa shape index (κ1) is 14.4. The molecule has 9 heteroatoms. The van der Waals surface area contributed by atoms with E-state index in [1.165, 1.54) is 18.7 Å². The maximum atomic E-state index is 12.0. The minimum Gasteiger partial charge on any atom is -0.370 e. The van der Waals surface area contributed by atoms with Crippen LogP contribution in [0.5, 0.6) is 0 Å². The Morgan fingerprint density at radius 1 is 1.30 bits per heavy atom. The number of nitrogens with one attached hydrogen (secondary N) is 2. The molecule has 0 saturated heterocycles. The molecule has 0 bridgehead atoms. The van der Waals surface area contributed by atoms with Crippen LogP contribution >= 0.6 is 0 Å². The average Bonchev–Trinajstić information content (AvgIpc) is 2.93. The molecule has 2 rings (SSSR count). The van der Waals surface area contributed by atoms with E-state index in [9.17, 15) is 8.42 Å². The Morgan fingerprint density at radius 3 is 2.75 bits per heavy atom. The number of hydrogen-bond acceptors (Lipinski definition) is 7. The van der Waals surface area contributed by atoms with Gasteiger partial charge in [-0.1, -0.05) is 5.16 Å². The first-order chi connectivity index (χ1) is 9.62. The van der Waals surface area contributed by atoms with Gasteiger partial charge in [0.15, 0.2) is 5.82 Å². The van der Waals surface area contributed by atoms with Crippen molar-refractivity contribution < 1.29 is 12.9 Å². The van der Waals surface area contributed by atoms with E-state index >= 15 is 0 Å². The fourth-order valence-corrected chi connectivity index (χ4v) is 2.48. The Morgan fingerprint density at radius 2 is 2.15 bits per heavy atom. The summed E-state index contributed by atoms with van der Waals surface area (Å²) in [6, 6.07) is 3.12. The number of pyridine rings is 1. The zero-order valence-electron chi connectivity index (χ0n) is 10.9. The van der Waals surface area contributed by atoms with Gasteiger partial charge < -0.3 is 9.84 Å². The first-order valence-corrected chi connectivity index (χ1v) is 7.55. The van der Waals surface area contributed by atoms with Gasteiger partial charge in [0.25, 0.3) is 0 Å². The molecule has 0 amide bonds. The molecule has 8 nitrogen and oxygen atoms in total. The van der Waals surface area contributed by atoms with Gasteiger partial charge in [0.2, 0.25) is 16.4 Å². The highest BCUT2D eigenvalue weighted by Gasteiger charge is 2.14. The molecule has 20 heavy (non-hydrogen) atoms. The monoisotopic (exact) mass is 297 g/mol. The smallest absolute Gasteiger partial charge is 0.242 e. The molecule has 2 N–H and O–H groups in total. The van der Waals surface area contributed by atoms with Gasteiger partial charge in [0.1, 0.15) is 10.7 Å². The van der Waals surface area contributed by atoms with Crippen LogP contribution in [-0.4, -0.2) is 36.6 Å². The number of anilines is 1. The molecular formula is C11H15N5O3S. The van der Waals surface area contributed by atoms with Crippen LogP contribution in [0.1, 0.15) is 12.7 Å². The number of nitrogens with zero attached hydrogens (tertiary/aromatic N) is 3. The summed E-state index contributed by atoms with van der Waals surface area (Å²) in [4.78, 5) is 7.95. The highest BCUT2D eigenvalue weighted by atomic mass is 32.2. The second-order valence-electron chi connectivity index (χ2n) is 3.90. The number of aromatic nitrogens is 3. The van der Waals surface area contributed by atoms with E-state index < -0.39 is 10.0 Å². The van der Waals surface area contributed by atoms with Crippen LogP contribution < -0.4 is 10.0 Å². The zero-order chi connectivity index (χ0) is 14.4. The molecule has 0 radical (unpaired) electrons. The van der Waals surface area contributed by atoms with Crippen molar-refractivity contribution in [1.82, 2.24) is 19.8 Å². The normalized spacial score (nSPS) is 11.4. The lowest BCUT2D eigenvalue weighted by molar-refractivity contribution is 0.410. The Bertz CT molecular complexity index is 625. The van der Waals surface area contributed by atoms with Crippen LogP contribution in [0.15, 0.2) is 34.1 Å². The quantitative estimate of drug-likeness (QED) is 0.762. The van der Waals surface area contributed by atoms with E-state index in [2.05, 4.69) is 29.7 Å². The maximum absolute atomic E-state index is 12.0. The lowest BCUT2D eigenvalue weighted by Gasteiger charge is -2.06. The molecule has 0 atom stereocenters. The van der Waals surface area contributed by atoms with Crippen molar-refractivity contribution in [1.29, 1.82) is 0 Å². The van der Waals surface area contributed by atoms with Crippen molar-refractivity contribution in [2.24, 2.45) is 0 Å². The molecule has 2 aromatic heterocycles. The highest BCUT2D eigenvalue weighted by molar-refractivity contribution is 7.89. The van der Waals surface area contributed by atoms with Crippen LogP contribution in [0.2, 0.25) is 0 Å². The van der Waals surface area contributed by atoms with Gasteiger partial charge in [-0.25, -0.2) is 18.1 Å². The molecule has 0 aliphatic rings. The minimum atomic E-state index is -3.57. The van der Waals surface area contributed by atoms with Crippen molar-refractivity contribution in [2.75, 3.05) is 18.4 Å². The molecule has 0 aliphatic heterocycles. The number of sulfonamides is 1. The fourth-order valence-electron chi connectivity index (χ4n) is 1.51. The number of hydrogen-bond donors (Lipinski definition) is 2. The largest absolute Gasteiger partial charge is 0.370 e. The lowest BCUT2D eigenvalue weighted by Crippen LogP contribution is -2.26. The van der Waals surface area contributed by atoms with Crippen LogP contribution in [0.4, 0.5) is 5.82 Å². The van der Waals surface area contributed by atoms with Crippen LogP contribution in [0, 0.1) is 0 Å². The van der Waals surface area contributed by atoms with Crippen molar-refractivity contribution in [2.45, 2.75) is 18.2 Å². The minimum absolute atomic E-state index is 0.118. The number of rotatable bonds is 7. The van der Waals surface area contributed by atoms with Crippen molar-refractivity contribution in [3.8, 4) is 0 Å². The Labute approximate surface area is 116 Å². The summed E-state index contributed by atoms with van der Waals surface area (Å²) >= 11 is 0. The Balaban J connectivity index is 1.95. The highest BCUT2D eigenvalue weighted by Crippen LogP contribution is 2.10. The van der Waals surface area contributed by atoms with Crippen molar-refractivity contribution >= 4 is 15.8 Å². The van der Waals surface area contributed by atoms with Gasteiger partial charge in [0.05, 0.1) is 0 Å². The third-order valence-electron chi connectivity index (χ3n) is 2.45. The predicted octanol–water partition coefficient (Wildman–Crippen LogP) is 0.417. The summed E-state index contributed by atoms with van der Waals surface area (Å²) in [5.41, 5.74) is 0. The fraction of sp³-hybridized carbons (Fsp3) is 0.364. The predicted molar refractivity (Wildman–Crippen MR) is 71.6 cm³/mol. The average molecular weight is 297 g/mol. The molecule has 0 fully saturated rings. The van der Waals surface area contributed by atoms with Gasteiger partial charge >= 0.3 is 0 Å². The third-order valence-corrected chi connectivity index (χ3v) is 3.90. The van der Waals surface area contributed by atoms with E-state index in [0.717, 1.165) is 6.54 Å². The van der Waals surface area contributed by atoms with E-state index in [-0.39, 0.29) is 11.4 Å². The van der Waals surface area contributed by atoms with E-state index in [4.69, 9.17) is 0 Å². The molecule has 108 valence electrons. The van der Waals surface area contributed by atoms with Gasteiger partial charge in [-0.2, -0.15) is 4.98 Å². The first-order valence-electron chi connectivity index (χ1n) is 6.06. The second-order valence-corrected chi connectivity index (χ2v) is 5.67. The summed E-state index contributed by atoms with van der Waals surface area (Å²) in [5, 5.41) is 6.59.